The second-order valence-corrected chi connectivity index (χ2v) is 5.09. The Labute approximate surface area is 143 Å². The van der Waals surface area contributed by atoms with Gasteiger partial charge in [0.1, 0.15) is 17.1 Å². The van der Waals surface area contributed by atoms with Gasteiger partial charge in [-0.25, -0.2) is 9.18 Å². The van der Waals surface area contributed by atoms with Crippen LogP contribution < -0.4 is 10.1 Å². The molecule has 2 rings (SSSR count). The molecule has 0 radical (unpaired) electrons. The van der Waals surface area contributed by atoms with Gasteiger partial charge in [0.25, 0.3) is 5.91 Å². The smallest absolute Gasteiger partial charge is 0.341 e. The number of anilines is 1. The fraction of sp³-hybridized carbons (Fsp3) is 0.176. The summed E-state index contributed by atoms with van der Waals surface area (Å²) in [7, 11) is 0. The van der Waals surface area contributed by atoms with Crippen LogP contribution in [0.1, 0.15) is 17.3 Å². The quantitative estimate of drug-likeness (QED) is 0.806. The Morgan fingerprint density at radius 3 is 2.67 bits per heavy atom. The van der Waals surface area contributed by atoms with E-state index in [4.69, 9.17) is 21.1 Å². The van der Waals surface area contributed by atoms with Crippen LogP contribution in [0.2, 0.25) is 5.02 Å². The largest absolute Gasteiger partial charge is 0.483 e. The Kier molecular flexibility index (Phi) is 6.14. The average molecular weight is 352 g/mol. The molecule has 0 heterocycles. The lowest BCUT2D eigenvalue weighted by atomic mass is 10.2. The predicted molar refractivity (Wildman–Crippen MR) is 87.9 cm³/mol. The number of amides is 1. The molecule has 2 aromatic rings. The van der Waals surface area contributed by atoms with Crippen molar-refractivity contribution < 1.29 is 23.5 Å². The molecule has 0 aliphatic carbocycles. The molecule has 126 valence electrons. The van der Waals surface area contributed by atoms with Crippen molar-refractivity contribution in [2.45, 2.75) is 6.92 Å². The van der Waals surface area contributed by atoms with Gasteiger partial charge in [-0.05, 0) is 37.3 Å². The first-order chi connectivity index (χ1) is 11.5. The summed E-state index contributed by atoms with van der Waals surface area (Å²) in [4.78, 5) is 23.7. The number of nitrogens with one attached hydrogen (secondary N) is 1. The highest BCUT2D eigenvalue weighted by atomic mass is 35.5. The maximum absolute atomic E-state index is 13.1. The van der Waals surface area contributed by atoms with Gasteiger partial charge in [0.15, 0.2) is 6.61 Å². The molecule has 0 unspecified atom stereocenters. The Hall–Kier alpha value is -2.60. The molecule has 0 aliphatic heterocycles. The Morgan fingerprint density at radius 1 is 1.21 bits per heavy atom. The third-order valence-corrected chi connectivity index (χ3v) is 3.23. The molecule has 0 spiro atoms. The molecule has 1 amide bonds. The van der Waals surface area contributed by atoms with Gasteiger partial charge in [0, 0.05) is 5.69 Å². The van der Waals surface area contributed by atoms with E-state index in [1.165, 1.54) is 12.1 Å². The molecule has 0 bridgehead atoms. The number of benzene rings is 2. The maximum Gasteiger partial charge on any atom is 0.341 e. The van der Waals surface area contributed by atoms with Crippen molar-refractivity contribution in [3.8, 4) is 5.75 Å². The zero-order chi connectivity index (χ0) is 17.5. The van der Waals surface area contributed by atoms with Crippen LogP contribution in [0.3, 0.4) is 0 Å². The fourth-order valence-electron chi connectivity index (χ4n) is 1.88. The van der Waals surface area contributed by atoms with Crippen LogP contribution in [-0.4, -0.2) is 25.1 Å². The molecule has 1 N–H and O–H groups in total. The van der Waals surface area contributed by atoms with Crippen molar-refractivity contribution in [1.82, 2.24) is 0 Å². The SMILES string of the molecule is CCOC(=O)c1ccccc1OCC(=O)Nc1ccc(F)c(Cl)c1. The fourth-order valence-corrected chi connectivity index (χ4v) is 2.06. The number of esters is 1. The number of carbonyl (C=O) groups is 2. The number of hydrogen-bond donors (Lipinski definition) is 1. The first kappa shape index (κ1) is 17.7. The highest BCUT2D eigenvalue weighted by Gasteiger charge is 2.14. The van der Waals surface area contributed by atoms with Crippen LogP contribution in [0, 0.1) is 5.82 Å². The molecular formula is C17H15ClFNO4. The zero-order valence-corrected chi connectivity index (χ0v) is 13.6. The summed E-state index contributed by atoms with van der Waals surface area (Å²) in [5.41, 5.74) is 0.575. The summed E-state index contributed by atoms with van der Waals surface area (Å²) < 4.78 is 23.4. The summed E-state index contributed by atoms with van der Waals surface area (Å²) in [5, 5.41) is 2.43. The molecule has 0 fully saturated rings. The van der Waals surface area contributed by atoms with E-state index in [-0.39, 0.29) is 29.5 Å². The van der Waals surface area contributed by atoms with Crippen molar-refractivity contribution in [2.75, 3.05) is 18.5 Å². The summed E-state index contributed by atoms with van der Waals surface area (Å²) in [6.45, 7) is 1.60. The van der Waals surface area contributed by atoms with Gasteiger partial charge in [-0.3, -0.25) is 4.79 Å². The molecule has 24 heavy (non-hydrogen) atoms. The Bertz CT molecular complexity index is 751. The topological polar surface area (TPSA) is 64.6 Å². The summed E-state index contributed by atoms with van der Waals surface area (Å²) in [5.74, 6) is -1.34. The first-order valence-corrected chi connectivity index (χ1v) is 7.53. The van der Waals surface area contributed by atoms with E-state index >= 15 is 0 Å². The highest BCUT2D eigenvalue weighted by Crippen LogP contribution is 2.20. The third kappa shape index (κ3) is 4.70. The van der Waals surface area contributed by atoms with E-state index in [0.717, 1.165) is 6.07 Å². The number of carbonyl (C=O) groups excluding carboxylic acids is 2. The van der Waals surface area contributed by atoms with Crippen molar-refractivity contribution in [3.63, 3.8) is 0 Å². The summed E-state index contributed by atoms with van der Waals surface area (Å²) >= 11 is 5.65. The van der Waals surface area contributed by atoms with E-state index in [9.17, 15) is 14.0 Å². The molecule has 0 atom stereocenters. The van der Waals surface area contributed by atoms with Crippen LogP contribution in [0.4, 0.5) is 10.1 Å². The lowest BCUT2D eigenvalue weighted by Crippen LogP contribution is -2.21. The number of para-hydroxylation sites is 1. The van der Waals surface area contributed by atoms with Gasteiger partial charge in [0.2, 0.25) is 0 Å². The van der Waals surface area contributed by atoms with Gasteiger partial charge < -0.3 is 14.8 Å². The van der Waals surface area contributed by atoms with E-state index in [2.05, 4.69) is 5.32 Å². The van der Waals surface area contributed by atoms with Crippen LogP contribution in [0.25, 0.3) is 0 Å². The molecule has 0 saturated heterocycles. The van der Waals surface area contributed by atoms with Gasteiger partial charge in [-0.2, -0.15) is 0 Å². The normalized spacial score (nSPS) is 10.1. The van der Waals surface area contributed by atoms with Crippen molar-refractivity contribution >= 4 is 29.2 Å². The molecule has 0 aromatic heterocycles. The molecule has 5 nitrogen and oxygen atoms in total. The standard InChI is InChI=1S/C17H15ClFNO4/c1-2-23-17(22)12-5-3-4-6-15(12)24-10-16(21)20-11-7-8-14(19)13(18)9-11/h3-9H,2,10H2,1H3,(H,20,21). The number of hydrogen-bond acceptors (Lipinski definition) is 4. The lowest BCUT2D eigenvalue weighted by molar-refractivity contribution is -0.118. The van der Waals surface area contributed by atoms with Crippen molar-refractivity contribution in [1.29, 1.82) is 0 Å². The maximum atomic E-state index is 13.1. The van der Waals surface area contributed by atoms with E-state index in [1.807, 2.05) is 0 Å². The summed E-state index contributed by atoms with van der Waals surface area (Å²) in [6, 6.07) is 10.3. The molecular weight excluding hydrogens is 337 g/mol. The summed E-state index contributed by atoms with van der Waals surface area (Å²) in [6.07, 6.45) is 0. The van der Waals surface area contributed by atoms with Gasteiger partial charge in [-0.1, -0.05) is 23.7 Å². The minimum atomic E-state index is -0.575. The van der Waals surface area contributed by atoms with Gasteiger partial charge in [0.05, 0.1) is 11.6 Å². The Balaban J connectivity index is 1.99. The zero-order valence-electron chi connectivity index (χ0n) is 12.8. The molecule has 0 aliphatic rings. The van der Waals surface area contributed by atoms with Gasteiger partial charge >= 0.3 is 5.97 Å². The lowest BCUT2D eigenvalue weighted by Gasteiger charge is -2.11. The predicted octanol–water partition coefficient (Wildman–Crippen LogP) is 3.67. The molecule has 7 heteroatoms. The van der Waals surface area contributed by atoms with E-state index in [1.54, 1.807) is 31.2 Å². The van der Waals surface area contributed by atoms with Crippen LogP contribution in [0.5, 0.6) is 5.75 Å². The average Bonchev–Trinajstić information content (AvgIpc) is 2.57. The van der Waals surface area contributed by atoms with E-state index in [0.29, 0.717) is 5.69 Å². The minimum absolute atomic E-state index is 0.0959. The van der Waals surface area contributed by atoms with Crippen molar-refractivity contribution in [3.05, 3.63) is 58.9 Å². The van der Waals surface area contributed by atoms with Crippen LogP contribution in [-0.2, 0) is 9.53 Å². The second kappa shape index (κ2) is 8.31. The molecule has 2 aromatic carbocycles. The van der Waals surface area contributed by atoms with Crippen molar-refractivity contribution in [2.24, 2.45) is 0 Å². The molecule has 0 saturated carbocycles. The van der Waals surface area contributed by atoms with Gasteiger partial charge in [-0.15, -0.1) is 0 Å². The second-order valence-electron chi connectivity index (χ2n) is 4.68. The minimum Gasteiger partial charge on any atom is -0.483 e. The van der Waals surface area contributed by atoms with Crippen LogP contribution in [0.15, 0.2) is 42.5 Å². The number of halogens is 2. The third-order valence-electron chi connectivity index (χ3n) is 2.94. The first-order valence-electron chi connectivity index (χ1n) is 7.15. The van der Waals surface area contributed by atoms with E-state index < -0.39 is 17.7 Å². The highest BCUT2D eigenvalue weighted by molar-refractivity contribution is 6.31. The number of rotatable bonds is 6. The monoisotopic (exact) mass is 351 g/mol. The Morgan fingerprint density at radius 2 is 1.96 bits per heavy atom. The number of ether oxygens (including phenoxy) is 2. The van der Waals surface area contributed by atoms with Crippen LogP contribution >= 0.6 is 11.6 Å².